The molecule has 0 aromatic carbocycles. The summed E-state index contributed by atoms with van der Waals surface area (Å²) in [6.45, 7) is 0. The van der Waals surface area contributed by atoms with Crippen LogP contribution >= 0.6 is 0 Å². The molecule has 0 radical (unpaired) electrons. The van der Waals surface area contributed by atoms with Gasteiger partial charge in [0.05, 0.1) is 0 Å². The fraction of sp³-hybridized carbons (Fsp3) is 0.724. The molecule has 2 rings (SSSR count). The van der Waals surface area contributed by atoms with Crippen molar-refractivity contribution in [3.8, 4) is 0 Å². The first-order chi connectivity index (χ1) is 14.4. The molecule has 0 aromatic rings. The quantitative estimate of drug-likeness (QED) is 0.327. The third-order valence-electron chi connectivity index (χ3n) is 6.65. The molecule has 0 heterocycles. The standard InChI is InChI=1S/C29H48/c1-3-7-11-16-22-28(23-17-12-8-4-1)26-20-15-21-27-29-24-18-13-9-5-2-6-10-14-19-25-29/h15,20-22,24,26H,1-14,16-19,23,25,27H2/b21-15+,26-20+,28-22+,29-24-. The summed E-state index contributed by atoms with van der Waals surface area (Å²) < 4.78 is 0. The summed E-state index contributed by atoms with van der Waals surface area (Å²) in [4.78, 5) is 0. The van der Waals surface area contributed by atoms with Crippen molar-refractivity contribution in [2.24, 2.45) is 0 Å². The maximum Gasteiger partial charge on any atom is -0.0136 e. The Morgan fingerprint density at radius 1 is 0.517 bits per heavy atom. The Hall–Kier alpha value is -1.04. The largest absolute Gasteiger partial charge is 0.0850 e. The Kier molecular flexibility index (Phi) is 14.9. The molecule has 0 nitrogen and oxygen atoms in total. The second-order valence-electron chi connectivity index (χ2n) is 9.37. The minimum absolute atomic E-state index is 1.16. The Bertz CT molecular complexity index is 502. The van der Waals surface area contributed by atoms with Gasteiger partial charge in [-0.05, 0) is 57.8 Å². The van der Waals surface area contributed by atoms with Crippen LogP contribution in [0.25, 0.3) is 0 Å². The predicted octanol–water partition coefficient (Wildman–Crippen LogP) is 10.2. The smallest absolute Gasteiger partial charge is 0.0136 e. The highest BCUT2D eigenvalue weighted by Crippen LogP contribution is 2.20. The maximum atomic E-state index is 2.56. The van der Waals surface area contributed by atoms with Gasteiger partial charge in [-0.25, -0.2) is 0 Å². The molecule has 0 unspecified atom stereocenters. The van der Waals surface area contributed by atoms with Gasteiger partial charge in [0.1, 0.15) is 0 Å². The van der Waals surface area contributed by atoms with Crippen molar-refractivity contribution < 1.29 is 0 Å². The fourth-order valence-corrected chi connectivity index (χ4v) is 4.70. The SMILES string of the molecule is C1=C(\C/C=C/C=C/C2=C/CCCCCCCCCC2)CCCCCCCCCC/1. The number of hydrogen-bond donors (Lipinski definition) is 0. The van der Waals surface area contributed by atoms with Crippen LogP contribution in [0.3, 0.4) is 0 Å². The summed E-state index contributed by atoms with van der Waals surface area (Å²) in [6, 6.07) is 0. The Morgan fingerprint density at radius 2 is 1.03 bits per heavy atom. The van der Waals surface area contributed by atoms with E-state index in [2.05, 4.69) is 36.5 Å². The zero-order valence-electron chi connectivity index (χ0n) is 19.3. The zero-order chi connectivity index (χ0) is 20.2. The number of allylic oxidation sites excluding steroid dienone is 8. The van der Waals surface area contributed by atoms with Crippen LogP contribution in [0, 0.1) is 0 Å². The highest BCUT2D eigenvalue weighted by molar-refractivity contribution is 5.23. The zero-order valence-corrected chi connectivity index (χ0v) is 19.3. The van der Waals surface area contributed by atoms with Gasteiger partial charge in [0.25, 0.3) is 0 Å². The first-order valence-corrected chi connectivity index (χ1v) is 13.2. The van der Waals surface area contributed by atoms with E-state index in [-0.39, 0.29) is 0 Å². The van der Waals surface area contributed by atoms with Crippen molar-refractivity contribution in [2.45, 2.75) is 135 Å². The van der Waals surface area contributed by atoms with Gasteiger partial charge in [-0.3, -0.25) is 0 Å². The summed E-state index contributed by atoms with van der Waals surface area (Å²) in [5.41, 5.74) is 3.25. The minimum atomic E-state index is 1.16. The highest BCUT2D eigenvalue weighted by Gasteiger charge is 2.00. The third-order valence-corrected chi connectivity index (χ3v) is 6.65. The summed E-state index contributed by atoms with van der Waals surface area (Å²) in [7, 11) is 0. The average molecular weight is 397 g/mol. The van der Waals surface area contributed by atoms with Crippen LogP contribution in [0.5, 0.6) is 0 Å². The molecule has 0 fully saturated rings. The molecule has 0 saturated carbocycles. The Morgan fingerprint density at radius 3 is 1.69 bits per heavy atom. The van der Waals surface area contributed by atoms with Crippen LogP contribution in [0.1, 0.15) is 135 Å². The van der Waals surface area contributed by atoms with Gasteiger partial charge < -0.3 is 0 Å². The lowest BCUT2D eigenvalue weighted by molar-refractivity contribution is 0.561. The molecule has 0 N–H and O–H groups in total. The molecular weight excluding hydrogens is 348 g/mol. The Balaban J connectivity index is 1.77. The third kappa shape index (κ3) is 13.7. The first-order valence-electron chi connectivity index (χ1n) is 13.2. The van der Waals surface area contributed by atoms with Crippen LogP contribution in [-0.4, -0.2) is 0 Å². The molecule has 0 amide bonds. The highest BCUT2D eigenvalue weighted by atomic mass is 14.1. The van der Waals surface area contributed by atoms with E-state index in [0.717, 1.165) is 6.42 Å². The van der Waals surface area contributed by atoms with Crippen LogP contribution in [0.4, 0.5) is 0 Å². The van der Waals surface area contributed by atoms with Crippen molar-refractivity contribution in [3.63, 3.8) is 0 Å². The van der Waals surface area contributed by atoms with Gasteiger partial charge >= 0.3 is 0 Å². The van der Waals surface area contributed by atoms with Crippen LogP contribution in [0.15, 0.2) is 47.6 Å². The van der Waals surface area contributed by atoms with Crippen molar-refractivity contribution in [1.29, 1.82) is 0 Å². The molecule has 0 bridgehead atoms. The lowest BCUT2D eigenvalue weighted by Gasteiger charge is -2.08. The van der Waals surface area contributed by atoms with Gasteiger partial charge in [0.2, 0.25) is 0 Å². The van der Waals surface area contributed by atoms with Gasteiger partial charge in [-0.1, -0.05) is 125 Å². The van der Waals surface area contributed by atoms with Crippen LogP contribution in [-0.2, 0) is 0 Å². The van der Waals surface area contributed by atoms with E-state index < -0.39 is 0 Å². The molecule has 0 aromatic heterocycles. The molecule has 164 valence electrons. The normalized spacial score (nSPS) is 26.3. The Labute approximate surface area is 182 Å². The summed E-state index contributed by atoms with van der Waals surface area (Å²) >= 11 is 0. The fourth-order valence-electron chi connectivity index (χ4n) is 4.70. The molecular formula is C29H48. The van der Waals surface area contributed by atoms with Crippen molar-refractivity contribution >= 4 is 0 Å². The topological polar surface area (TPSA) is 0 Å². The van der Waals surface area contributed by atoms with Gasteiger partial charge in [0, 0.05) is 0 Å². The van der Waals surface area contributed by atoms with Gasteiger partial charge in [-0.2, -0.15) is 0 Å². The molecule has 0 atom stereocenters. The van der Waals surface area contributed by atoms with E-state index in [9.17, 15) is 0 Å². The van der Waals surface area contributed by atoms with E-state index in [1.165, 1.54) is 128 Å². The molecule has 2 aliphatic carbocycles. The van der Waals surface area contributed by atoms with Crippen molar-refractivity contribution in [3.05, 3.63) is 47.6 Å². The summed E-state index contributed by atoms with van der Waals surface area (Å²) in [5.74, 6) is 0. The lowest BCUT2D eigenvalue weighted by Crippen LogP contribution is -1.88. The average Bonchev–Trinajstić information content (AvgIpc) is 2.71. The van der Waals surface area contributed by atoms with E-state index >= 15 is 0 Å². The molecule has 0 saturated heterocycles. The predicted molar refractivity (Wildman–Crippen MR) is 131 cm³/mol. The molecule has 29 heavy (non-hydrogen) atoms. The minimum Gasteiger partial charge on any atom is -0.0850 e. The van der Waals surface area contributed by atoms with Crippen molar-refractivity contribution in [2.75, 3.05) is 0 Å². The van der Waals surface area contributed by atoms with E-state index in [1.54, 1.807) is 11.1 Å². The molecule has 0 spiro atoms. The van der Waals surface area contributed by atoms with Gasteiger partial charge in [0.15, 0.2) is 0 Å². The van der Waals surface area contributed by atoms with E-state index in [1.807, 2.05) is 0 Å². The second-order valence-corrected chi connectivity index (χ2v) is 9.37. The lowest BCUT2D eigenvalue weighted by atomic mass is 9.98. The maximum absolute atomic E-state index is 2.56. The number of rotatable bonds is 4. The van der Waals surface area contributed by atoms with Crippen LogP contribution < -0.4 is 0 Å². The van der Waals surface area contributed by atoms with Crippen molar-refractivity contribution in [1.82, 2.24) is 0 Å². The molecule has 0 heteroatoms. The summed E-state index contributed by atoms with van der Waals surface area (Å²) in [6.07, 6.45) is 43.6. The number of hydrogen-bond acceptors (Lipinski definition) is 0. The molecule has 2 aliphatic rings. The van der Waals surface area contributed by atoms with Gasteiger partial charge in [-0.15, -0.1) is 0 Å². The summed E-state index contributed by atoms with van der Waals surface area (Å²) in [5, 5.41) is 0. The monoisotopic (exact) mass is 396 g/mol. The van der Waals surface area contributed by atoms with E-state index in [0.29, 0.717) is 0 Å². The second kappa shape index (κ2) is 17.8. The first kappa shape index (κ1) is 24.2. The molecule has 0 aliphatic heterocycles. The van der Waals surface area contributed by atoms with Crippen LogP contribution in [0.2, 0.25) is 0 Å². The van der Waals surface area contributed by atoms with E-state index in [4.69, 9.17) is 0 Å².